The first-order valence-corrected chi connectivity index (χ1v) is 11.1. The van der Waals surface area contributed by atoms with E-state index < -0.39 is 0 Å². The van der Waals surface area contributed by atoms with Crippen LogP contribution in [0.1, 0.15) is 28.4 Å². The normalized spacial score (nSPS) is 10.8. The Labute approximate surface area is 201 Å². The lowest BCUT2D eigenvalue weighted by Crippen LogP contribution is -2.34. The number of fused-ring (bicyclic) bond motifs is 1. The molecule has 0 saturated carbocycles. The van der Waals surface area contributed by atoms with Gasteiger partial charge in [-0.15, -0.1) is 0 Å². The van der Waals surface area contributed by atoms with Crippen molar-refractivity contribution in [1.29, 1.82) is 0 Å². The molecule has 4 aromatic rings. The molecule has 1 aromatic heterocycles. The molecule has 0 aliphatic rings. The molecule has 2 N–H and O–H groups in total. The summed E-state index contributed by atoms with van der Waals surface area (Å²) in [6.07, 6.45) is 0.913. The van der Waals surface area contributed by atoms with Crippen molar-refractivity contribution in [2.45, 2.75) is 20.3 Å². The highest BCUT2D eigenvalue weighted by Crippen LogP contribution is 2.32. The molecule has 6 nitrogen and oxygen atoms in total. The molecular formula is C25H22ClN3O3S. The Kier molecular flexibility index (Phi) is 6.62. The van der Waals surface area contributed by atoms with E-state index in [0.717, 1.165) is 17.5 Å². The second kappa shape index (κ2) is 9.60. The van der Waals surface area contributed by atoms with Gasteiger partial charge in [0.15, 0.2) is 10.7 Å². The number of anilines is 1. The van der Waals surface area contributed by atoms with Crippen LogP contribution in [0.5, 0.6) is 5.75 Å². The molecule has 3 aromatic carbocycles. The minimum Gasteiger partial charge on any atom is -0.496 e. The smallest absolute Gasteiger partial charge is 0.261 e. The van der Waals surface area contributed by atoms with Crippen molar-refractivity contribution in [2.75, 3.05) is 12.4 Å². The number of halogens is 1. The molecule has 1 amide bonds. The molecule has 4 rings (SSSR count). The number of aromatic nitrogens is 1. The third-order valence-electron chi connectivity index (χ3n) is 5.20. The maximum atomic E-state index is 12.7. The van der Waals surface area contributed by atoms with Gasteiger partial charge < -0.3 is 14.5 Å². The number of benzene rings is 3. The van der Waals surface area contributed by atoms with Crippen LogP contribution in [0.15, 0.2) is 59.0 Å². The van der Waals surface area contributed by atoms with Crippen molar-refractivity contribution in [3.63, 3.8) is 0 Å². The van der Waals surface area contributed by atoms with Gasteiger partial charge in [-0.3, -0.25) is 10.1 Å². The molecule has 0 fully saturated rings. The Hall–Kier alpha value is -3.42. The topological polar surface area (TPSA) is 76.4 Å². The lowest BCUT2D eigenvalue weighted by atomic mass is 10.1. The van der Waals surface area contributed by atoms with Gasteiger partial charge in [0, 0.05) is 5.69 Å². The molecule has 168 valence electrons. The first-order valence-electron chi connectivity index (χ1n) is 10.3. The highest BCUT2D eigenvalue weighted by molar-refractivity contribution is 7.80. The summed E-state index contributed by atoms with van der Waals surface area (Å²) in [6, 6.07) is 16.5. The number of ether oxygens (including phenoxy) is 1. The maximum Gasteiger partial charge on any atom is 0.261 e. The fraction of sp³-hybridized carbons (Fsp3) is 0.160. The van der Waals surface area contributed by atoms with Crippen molar-refractivity contribution in [2.24, 2.45) is 0 Å². The van der Waals surface area contributed by atoms with Gasteiger partial charge in [0.2, 0.25) is 5.89 Å². The second-order valence-electron chi connectivity index (χ2n) is 7.43. The predicted octanol–water partition coefficient (Wildman–Crippen LogP) is 6.15. The van der Waals surface area contributed by atoms with Crippen LogP contribution < -0.4 is 15.4 Å². The van der Waals surface area contributed by atoms with E-state index in [9.17, 15) is 4.79 Å². The number of para-hydroxylation sites is 1. The van der Waals surface area contributed by atoms with Gasteiger partial charge in [0.05, 0.1) is 23.3 Å². The van der Waals surface area contributed by atoms with Crippen molar-refractivity contribution >= 4 is 51.6 Å². The molecule has 8 heteroatoms. The molecule has 1 heterocycles. The summed E-state index contributed by atoms with van der Waals surface area (Å²) >= 11 is 11.8. The number of hydrogen-bond donors (Lipinski definition) is 2. The number of hydrogen-bond acceptors (Lipinski definition) is 5. The number of nitrogens with zero attached hydrogens (tertiary/aromatic N) is 1. The quantitative estimate of drug-likeness (QED) is 0.334. The Morgan fingerprint density at radius 2 is 2.00 bits per heavy atom. The summed E-state index contributed by atoms with van der Waals surface area (Å²) in [5, 5.41) is 6.33. The number of methoxy groups -OCH3 is 1. The van der Waals surface area contributed by atoms with Gasteiger partial charge in [-0.1, -0.05) is 36.7 Å². The van der Waals surface area contributed by atoms with Crippen LogP contribution in [-0.4, -0.2) is 23.1 Å². The Morgan fingerprint density at radius 1 is 1.18 bits per heavy atom. The van der Waals surface area contributed by atoms with Gasteiger partial charge in [-0.25, -0.2) is 4.98 Å². The lowest BCUT2D eigenvalue weighted by molar-refractivity contribution is 0.0974. The summed E-state index contributed by atoms with van der Waals surface area (Å²) in [4.78, 5) is 17.3. The van der Waals surface area contributed by atoms with Crippen molar-refractivity contribution in [1.82, 2.24) is 10.3 Å². The number of aryl methyl sites for hydroxylation is 2. The minimum atomic E-state index is -0.368. The third-order valence-corrected chi connectivity index (χ3v) is 5.74. The summed E-state index contributed by atoms with van der Waals surface area (Å²) in [5.41, 5.74) is 5.14. The zero-order valence-corrected chi connectivity index (χ0v) is 19.9. The van der Waals surface area contributed by atoms with E-state index in [1.54, 1.807) is 30.3 Å². The van der Waals surface area contributed by atoms with Gasteiger partial charge >= 0.3 is 0 Å². The van der Waals surface area contributed by atoms with E-state index in [4.69, 9.17) is 33.0 Å². The fourth-order valence-electron chi connectivity index (χ4n) is 3.51. The second-order valence-corrected chi connectivity index (χ2v) is 8.25. The third kappa shape index (κ3) is 4.84. The summed E-state index contributed by atoms with van der Waals surface area (Å²) in [6.45, 7) is 3.96. The SMILES string of the molecule is CCc1ccc2oc(-c3cc(NC(=S)NC(=O)c4cccc(C)c4OC)ccc3Cl)nc2c1. The Morgan fingerprint density at radius 3 is 2.76 bits per heavy atom. The van der Waals surface area contributed by atoms with Crippen LogP contribution >= 0.6 is 23.8 Å². The van der Waals surface area contributed by atoms with Crippen LogP contribution in [0.3, 0.4) is 0 Å². The van der Waals surface area contributed by atoms with Crippen LogP contribution in [0, 0.1) is 6.92 Å². The summed E-state index contributed by atoms with van der Waals surface area (Å²) in [5.74, 6) is 0.549. The van der Waals surface area contributed by atoms with Crippen LogP contribution in [0.2, 0.25) is 5.02 Å². The van der Waals surface area contributed by atoms with Gasteiger partial charge in [0.1, 0.15) is 11.3 Å². The van der Waals surface area contributed by atoms with E-state index >= 15 is 0 Å². The van der Waals surface area contributed by atoms with E-state index in [1.165, 1.54) is 12.7 Å². The van der Waals surface area contributed by atoms with Gasteiger partial charge in [-0.2, -0.15) is 0 Å². The number of rotatable bonds is 5. The molecule has 0 spiro atoms. The average molecular weight is 480 g/mol. The van der Waals surface area contributed by atoms with E-state index in [-0.39, 0.29) is 11.0 Å². The average Bonchev–Trinajstić information content (AvgIpc) is 3.23. The Balaban J connectivity index is 1.54. The van der Waals surface area contributed by atoms with E-state index in [2.05, 4.69) is 22.5 Å². The molecule has 0 aliphatic heterocycles. The van der Waals surface area contributed by atoms with E-state index in [1.807, 2.05) is 31.2 Å². The molecule has 0 radical (unpaired) electrons. The summed E-state index contributed by atoms with van der Waals surface area (Å²) < 4.78 is 11.3. The fourth-order valence-corrected chi connectivity index (χ4v) is 3.92. The largest absolute Gasteiger partial charge is 0.496 e. The zero-order valence-electron chi connectivity index (χ0n) is 18.4. The summed E-state index contributed by atoms with van der Waals surface area (Å²) in [7, 11) is 1.53. The maximum absolute atomic E-state index is 12.7. The number of oxazole rings is 1. The first-order chi connectivity index (χ1) is 15.9. The standard InChI is InChI=1S/C25H22ClN3O3S/c1-4-15-8-11-21-20(12-15)28-24(32-21)18-13-16(9-10-19(18)26)27-25(33)29-23(30)17-7-5-6-14(2)22(17)31-3/h5-13H,4H2,1-3H3,(H2,27,29,30,33). The highest BCUT2D eigenvalue weighted by atomic mass is 35.5. The zero-order chi connectivity index (χ0) is 23.5. The molecule has 33 heavy (non-hydrogen) atoms. The minimum absolute atomic E-state index is 0.141. The monoisotopic (exact) mass is 479 g/mol. The van der Waals surface area contributed by atoms with Crippen molar-refractivity contribution < 1.29 is 13.9 Å². The highest BCUT2D eigenvalue weighted by Gasteiger charge is 2.16. The molecule has 0 atom stereocenters. The molecular weight excluding hydrogens is 458 g/mol. The number of carbonyl (C=O) groups excluding carboxylic acids is 1. The van der Waals surface area contributed by atoms with Gasteiger partial charge in [0.25, 0.3) is 5.91 Å². The molecule has 0 bridgehead atoms. The van der Waals surface area contributed by atoms with Crippen molar-refractivity contribution in [3.8, 4) is 17.2 Å². The number of carbonyl (C=O) groups is 1. The van der Waals surface area contributed by atoms with Crippen molar-refractivity contribution in [3.05, 3.63) is 76.3 Å². The van der Waals surface area contributed by atoms with Crippen LogP contribution in [0.4, 0.5) is 5.69 Å². The van der Waals surface area contributed by atoms with Gasteiger partial charge in [-0.05, 0) is 73.1 Å². The number of amides is 1. The number of nitrogens with one attached hydrogen (secondary N) is 2. The predicted molar refractivity (Wildman–Crippen MR) is 135 cm³/mol. The number of thiocarbonyl (C=S) groups is 1. The Bertz CT molecular complexity index is 1370. The van der Waals surface area contributed by atoms with Crippen LogP contribution in [0.25, 0.3) is 22.6 Å². The van der Waals surface area contributed by atoms with Crippen LogP contribution in [-0.2, 0) is 6.42 Å². The molecule has 0 aliphatic carbocycles. The molecule has 0 saturated heterocycles. The van der Waals surface area contributed by atoms with E-state index in [0.29, 0.717) is 39.1 Å². The lowest BCUT2D eigenvalue weighted by Gasteiger charge is -2.13. The first kappa shape index (κ1) is 22.8. The molecule has 0 unspecified atom stereocenters.